The molecule has 1 unspecified atom stereocenters. The number of amides is 1. The summed E-state index contributed by atoms with van der Waals surface area (Å²) in [7, 11) is 0. The van der Waals surface area contributed by atoms with Gasteiger partial charge in [0.05, 0.1) is 12.2 Å². The Morgan fingerprint density at radius 3 is 2.67 bits per heavy atom. The van der Waals surface area contributed by atoms with Gasteiger partial charge in [-0.3, -0.25) is 4.79 Å². The van der Waals surface area contributed by atoms with E-state index < -0.39 is 11.1 Å². The Hall–Kier alpha value is -0.650. The molecule has 1 saturated carbocycles. The van der Waals surface area contributed by atoms with E-state index in [1.807, 2.05) is 0 Å². The maximum absolute atomic E-state index is 11.7. The maximum atomic E-state index is 11.7. The molecule has 0 radical (unpaired) electrons. The Bertz CT molecular complexity index is 257. The number of carbonyl (C=O) groups is 1. The van der Waals surface area contributed by atoms with Crippen molar-refractivity contribution >= 4 is 5.91 Å². The zero-order chi connectivity index (χ0) is 10.9. The molecule has 15 heavy (non-hydrogen) atoms. The smallest absolute Gasteiger partial charge is 0.242 e. The molecule has 4 N–H and O–H groups in total. The highest BCUT2D eigenvalue weighted by molar-refractivity contribution is 5.86. The second-order valence-corrected chi connectivity index (χ2v) is 4.72. The second-order valence-electron chi connectivity index (χ2n) is 4.72. The molecular weight excluding hydrogens is 196 g/mol. The van der Waals surface area contributed by atoms with Crippen LogP contribution in [0.3, 0.4) is 0 Å². The van der Waals surface area contributed by atoms with Crippen LogP contribution in [-0.4, -0.2) is 41.9 Å². The molecule has 0 aromatic carbocycles. The second kappa shape index (κ2) is 3.73. The molecule has 86 valence electrons. The minimum atomic E-state index is -0.889. The van der Waals surface area contributed by atoms with E-state index in [1.54, 1.807) is 0 Å². The van der Waals surface area contributed by atoms with Crippen molar-refractivity contribution < 1.29 is 14.6 Å². The topological polar surface area (TPSA) is 84.6 Å². The monoisotopic (exact) mass is 214 g/mol. The lowest BCUT2D eigenvalue weighted by molar-refractivity contribution is -0.128. The number of hydrogen-bond acceptors (Lipinski definition) is 4. The van der Waals surface area contributed by atoms with Crippen molar-refractivity contribution in [3.63, 3.8) is 0 Å². The number of rotatable bonds is 3. The van der Waals surface area contributed by atoms with E-state index in [9.17, 15) is 9.90 Å². The van der Waals surface area contributed by atoms with Crippen LogP contribution in [0.1, 0.15) is 25.7 Å². The highest BCUT2D eigenvalue weighted by atomic mass is 16.5. The van der Waals surface area contributed by atoms with E-state index in [0.717, 1.165) is 19.3 Å². The van der Waals surface area contributed by atoms with E-state index in [1.165, 1.54) is 0 Å². The maximum Gasteiger partial charge on any atom is 0.242 e. The van der Waals surface area contributed by atoms with E-state index in [-0.39, 0.29) is 12.5 Å². The lowest BCUT2D eigenvalue weighted by atomic mass is 9.80. The van der Waals surface area contributed by atoms with Crippen LogP contribution in [0, 0.1) is 0 Å². The van der Waals surface area contributed by atoms with Crippen LogP contribution >= 0.6 is 0 Å². The van der Waals surface area contributed by atoms with Gasteiger partial charge in [-0.25, -0.2) is 0 Å². The molecule has 1 atom stereocenters. The van der Waals surface area contributed by atoms with Gasteiger partial charge in [0.2, 0.25) is 5.91 Å². The van der Waals surface area contributed by atoms with Crippen molar-refractivity contribution in [2.45, 2.75) is 36.8 Å². The third-order valence-electron chi connectivity index (χ3n) is 3.37. The van der Waals surface area contributed by atoms with Crippen LogP contribution in [0.2, 0.25) is 0 Å². The summed E-state index contributed by atoms with van der Waals surface area (Å²) < 4.78 is 5.11. The summed E-state index contributed by atoms with van der Waals surface area (Å²) in [6.07, 6.45) is 3.11. The standard InChI is InChI=1S/C10H18N2O3/c11-10(4-5-15-7-10)8(13)12-6-9(14)2-1-3-9/h14H,1-7,11H2,(H,12,13). The summed E-state index contributed by atoms with van der Waals surface area (Å²) in [5.74, 6) is -0.208. The zero-order valence-corrected chi connectivity index (χ0v) is 8.79. The third-order valence-corrected chi connectivity index (χ3v) is 3.37. The first kappa shape index (κ1) is 10.9. The van der Waals surface area contributed by atoms with Crippen LogP contribution < -0.4 is 11.1 Å². The van der Waals surface area contributed by atoms with Crippen LogP contribution in [0.5, 0.6) is 0 Å². The summed E-state index contributed by atoms with van der Waals surface area (Å²) in [6, 6.07) is 0. The lowest BCUT2D eigenvalue weighted by Gasteiger charge is -2.37. The van der Waals surface area contributed by atoms with Gasteiger partial charge in [0.25, 0.3) is 0 Å². The Kier molecular flexibility index (Phi) is 2.70. The average molecular weight is 214 g/mol. The zero-order valence-electron chi connectivity index (χ0n) is 8.79. The molecule has 1 heterocycles. The van der Waals surface area contributed by atoms with Crippen molar-refractivity contribution in [2.24, 2.45) is 5.73 Å². The highest BCUT2D eigenvalue weighted by Gasteiger charge is 2.40. The van der Waals surface area contributed by atoms with Crippen LogP contribution in [0.15, 0.2) is 0 Å². The van der Waals surface area contributed by atoms with Gasteiger partial charge >= 0.3 is 0 Å². The van der Waals surface area contributed by atoms with Gasteiger partial charge in [0.1, 0.15) is 5.54 Å². The molecule has 0 spiro atoms. The third kappa shape index (κ3) is 2.14. The Labute approximate surface area is 89.0 Å². The van der Waals surface area contributed by atoms with Crippen LogP contribution in [0.25, 0.3) is 0 Å². The van der Waals surface area contributed by atoms with E-state index >= 15 is 0 Å². The molecular formula is C10H18N2O3. The van der Waals surface area contributed by atoms with Crippen molar-refractivity contribution in [1.82, 2.24) is 5.32 Å². The molecule has 2 aliphatic rings. The number of carbonyl (C=O) groups excluding carboxylic acids is 1. The minimum Gasteiger partial charge on any atom is -0.388 e. The molecule has 2 fully saturated rings. The predicted molar refractivity (Wildman–Crippen MR) is 54.2 cm³/mol. The fraction of sp³-hybridized carbons (Fsp3) is 0.900. The first-order valence-electron chi connectivity index (χ1n) is 5.42. The number of ether oxygens (including phenoxy) is 1. The summed E-state index contributed by atoms with van der Waals surface area (Å²) in [5.41, 5.74) is 4.29. The molecule has 0 aromatic heterocycles. The SMILES string of the molecule is NC1(C(=O)NCC2(O)CCC2)CCOC1. The van der Waals surface area contributed by atoms with E-state index in [2.05, 4.69) is 5.32 Å². The molecule has 1 aliphatic heterocycles. The summed E-state index contributed by atoms with van der Waals surface area (Å²) in [6.45, 7) is 1.12. The Morgan fingerprint density at radius 2 is 2.20 bits per heavy atom. The Balaban J connectivity index is 1.81. The number of aliphatic hydroxyl groups is 1. The van der Waals surface area contributed by atoms with E-state index in [0.29, 0.717) is 19.6 Å². The molecule has 1 saturated heterocycles. The quantitative estimate of drug-likeness (QED) is 0.570. The van der Waals surface area contributed by atoms with Crippen LogP contribution in [-0.2, 0) is 9.53 Å². The number of nitrogens with one attached hydrogen (secondary N) is 1. The normalized spacial score (nSPS) is 33.5. The van der Waals surface area contributed by atoms with Gasteiger partial charge in [0.15, 0.2) is 0 Å². The van der Waals surface area contributed by atoms with Crippen LogP contribution in [0.4, 0.5) is 0 Å². The van der Waals surface area contributed by atoms with Gasteiger partial charge in [-0.1, -0.05) is 0 Å². The summed E-state index contributed by atoms with van der Waals surface area (Å²) in [5, 5.41) is 12.5. The van der Waals surface area contributed by atoms with Gasteiger partial charge in [-0.15, -0.1) is 0 Å². The van der Waals surface area contributed by atoms with Gasteiger partial charge in [-0.05, 0) is 25.7 Å². The average Bonchev–Trinajstić information content (AvgIpc) is 2.60. The fourth-order valence-corrected chi connectivity index (χ4v) is 1.94. The van der Waals surface area contributed by atoms with Crippen molar-refractivity contribution in [1.29, 1.82) is 0 Å². The highest BCUT2D eigenvalue weighted by Crippen LogP contribution is 2.30. The van der Waals surface area contributed by atoms with Gasteiger partial charge < -0.3 is 20.9 Å². The van der Waals surface area contributed by atoms with Crippen molar-refractivity contribution in [3.05, 3.63) is 0 Å². The molecule has 0 aromatic rings. The molecule has 2 rings (SSSR count). The Morgan fingerprint density at radius 1 is 1.47 bits per heavy atom. The van der Waals surface area contributed by atoms with Crippen molar-refractivity contribution in [3.8, 4) is 0 Å². The number of nitrogens with two attached hydrogens (primary N) is 1. The minimum absolute atomic E-state index is 0.208. The van der Waals surface area contributed by atoms with E-state index in [4.69, 9.17) is 10.5 Å². The summed E-state index contributed by atoms with van der Waals surface area (Å²) >= 11 is 0. The first-order chi connectivity index (χ1) is 7.04. The van der Waals surface area contributed by atoms with Gasteiger partial charge in [0, 0.05) is 13.2 Å². The number of hydrogen-bond donors (Lipinski definition) is 3. The largest absolute Gasteiger partial charge is 0.388 e. The molecule has 5 nitrogen and oxygen atoms in total. The molecule has 1 aliphatic carbocycles. The molecule has 1 amide bonds. The van der Waals surface area contributed by atoms with Gasteiger partial charge in [-0.2, -0.15) is 0 Å². The van der Waals surface area contributed by atoms with Crippen molar-refractivity contribution in [2.75, 3.05) is 19.8 Å². The molecule has 5 heteroatoms. The summed E-state index contributed by atoms with van der Waals surface area (Å²) in [4.78, 5) is 11.7. The lowest BCUT2D eigenvalue weighted by Crippen LogP contribution is -2.58. The predicted octanol–water partition coefficient (Wildman–Crippen LogP) is -0.865. The molecule has 0 bridgehead atoms. The first-order valence-corrected chi connectivity index (χ1v) is 5.42. The fourth-order valence-electron chi connectivity index (χ4n) is 1.94.